The quantitative estimate of drug-likeness (QED) is 0.271. The first-order valence-corrected chi connectivity index (χ1v) is 10.7. The van der Waals surface area contributed by atoms with Crippen LogP contribution in [0.4, 0.5) is 11.4 Å². The molecule has 2 aliphatic heterocycles. The van der Waals surface area contributed by atoms with Crippen LogP contribution < -0.4 is 10.6 Å². The molecule has 9 heteroatoms. The Balaban J connectivity index is 1.62. The number of amides is 1. The average Bonchev–Trinajstić information content (AvgIpc) is 3.27. The van der Waals surface area contributed by atoms with Crippen molar-refractivity contribution in [2.24, 2.45) is 5.16 Å². The third-order valence-electron chi connectivity index (χ3n) is 5.11. The molecule has 1 atom stereocenters. The number of hydrogen-bond donors (Lipinski definition) is 4. The number of allylic oxidation sites excluding steroid dienone is 1. The van der Waals surface area contributed by atoms with Gasteiger partial charge in [0, 0.05) is 40.1 Å². The number of rotatable bonds is 7. The molecule has 2 aromatic carbocycles. The van der Waals surface area contributed by atoms with Gasteiger partial charge in [-0.15, -0.1) is 0 Å². The molecule has 2 heterocycles. The highest BCUT2D eigenvalue weighted by Gasteiger charge is 2.34. The third kappa shape index (κ3) is 4.49. The van der Waals surface area contributed by atoms with Crippen molar-refractivity contribution in [1.29, 1.82) is 0 Å². The number of nitrogens with zero attached hydrogens (tertiary/aromatic N) is 2. The van der Waals surface area contributed by atoms with Gasteiger partial charge in [-0.1, -0.05) is 39.3 Å². The van der Waals surface area contributed by atoms with Gasteiger partial charge in [-0.25, -0.2) is 0 Å². The topological polar surface area (TPSA) is 106 Å². The second kappa shape index (κ2) is 9.19. The molecule has 2 aliphatic rings. The van der Waals surface area contributed by atoms with E-state index in [0.717, 1.165) is 27.0 Å². The van der Waals surface area contributed by atoms with E-state index < -0.39 is 6.10 Å². The van der Waals surface area contributed by atoms with Crippen LogP contribution in [0, 0.1) is 0 Å². The minimum atomic E-state index is -0.793. The summed E-state index contributed by atoms with van der Waals surface area (Å²) >= 11 is 3.48. The number of likely N-dealkylation sites (N-methyl/N-ethyl adjacent to an activating group) is 1. The fraction of sp³-hybridized carbons (Fsp3) is 0.273. The average molecular weight is 487 g/mol. The highest BCUT2D eigenvalue weighted by Crippen LogP contribution is 2.40. The molecule has 31 heavy (non-hydrogen) atoms. The molecule has 8 nitrogen and oxygen atoms in total. The molecule has 1 amide bonds. The summed E-state index contributed by atoms with van der Waals surface area (Å²) in [7, 11) is 1.83. The monoisotopic (exact) mass is 486 g/mol. The van der Waals surface area contributed by atoms with Gasteiger partial charge in [0.15, 0.2) is 0 Å². The van der Waals surface area contributed by atoms with Gasteiger partial charge in [0.1, 0.15) is 12.3 Å². The Morgan fingerprint density at radius 2 is 1.94 bits per heavy atom. The van der Waals surface area contributed by atoms with E-state index in [0.29, 0.717) is 30.1 Å². The summed E-state index contributed by atoms with van der Waals surface area (Å²) < 4.78 is 0.874. The Hall–Kier alpha value is -2.72. The molecule has 0 bridgehead atoms. The lowest BCUT2D eigenvalue weighted by Gasteiger charge is -2.18. The number of hydrogen-bond acceptors (Lipinski definition) is 7. The van der Waals surface area contributed by atoms with E-state index in [2.05, 4.69) is 31.7 Å². The van der Waals surface area contributed by atoms with Gasteiger partial charge in [-0.3, -0.25) is 4.79 Å². The number of carbonyl (C=O) groups is 1. The summed E-state index contributed by atoms with van der Waals surface area (Å²) in [6.45, 7) is 0.858. The van der Waals surface area contributed by atoms with Crippen LogP contribution in [0.15, 0.2) is 57.8 Å². The second-order valence-corrected chi connectivity index (χ2v) is 8.35. The SMILES string of the molecule is CN(CCO/N=C1/C(=C2/C(=O)Nc3ccc(Br)cc32)Nc2ccccc21)C[C@@H](O)CO. The first-order valence-electron chi connectivity index (χ1n) is 9.87. The van der Waals surface area contributed by atoms with E-state index >= 15 is 0 Å². The molecule has 0 fully saturated rings. The molecule has 162 valence electrons. The van der Waals surface area contributed by atoms with E-state index in [9.17, 15) is 9.90 Å². The summed E-state index contributed by atoms with van der Waals surface area (Å²) in [5.74, 6) is -0.200. The lowest BCUT2D eigenvalue weighted by Crippen LogP contribution is -2.33. The van der Waals surface area contributed by atoms with Crippen LogP contribution in [0.2, 0.25) is 0 Å². The van der Waals surface area contributed by atoms with Crippen LogP contribution >= 0.6 is 15.9 Å². The number of carbonyl (C=O) groups excluding carboxylic acids is 1. The molecule has 0 saturated heterocycles. The molecule has 0 radical (unpaired) electrons. The van der Waals surface area contributed by atoms with Gasteiger partial charge in [-0.2, -0.15) is 0 Å². The van der Waals surface area contributed by atoms with Gasteiger partial charge in [0.25, 0.3) is 5.91 Å². The third-order valence-corrected chi connectivity index (χ3v) is 5.60. The Morgan fingerprint density at radius 3 is 2.74 bits per heavy atom. The summed E-state index contributed by atoms with van der Waals surface area (Å²) in [6.07, 6.45) is -0.793. The van der Waals surface area contributed by atoms with Crippen molar-refractivity contribution in [3.05, 3.63) is 63.8 Å². The van der Waals surface area contributed by atoms with Crippen LogP contribution in [0.5, 0.6) is 0 Å². The number of anilines is 2. The molecule has 0 aliphatic carbocycles. The van der Waals surface area contributed by atoms with E-state index in [4.69, 9.17) is 9.94 Å². The summed E-state index contributed by atoms with van der Waals surface area (Å²) in [4.78, 5) is 20.2. The molecule has 0 aromatic heterocycles. The van der Waals surface area contributed by atoms with E-state index in [-0.39, 0.29) is 19.1 Å². The molecular weight excluding hydrogens is 464 g/mol. The van der Waals surface area contributed by atoms with Gasteiger partial charge in [0.05, 0.1) is 24.0 Å². The van der Waals surface area contributed by atoms with E-state index in [1.165, 1.54) is 0 Å². The fourth-order valence-corrected chi connectivity index (χ4v) is 3.97. The van der Waals surface area contributed by atoms with Gasteiger partial charge in [0.2, 0.25) is 0 Å². The zero-order chi connectivity index (χ0) is 22.0. The van der Waals surface area contributed by atoms with Crippen molar-refractivity contribution >= 4 is 44.5 Å². The van der Waals surface area contributed by atoms with E-state index in [1.54, 1.807) is 0 Å². The van der Waals surface area contributed by atoms with Crippen LogP contribution in [-0.4, -0.2) is 66.2 Å². The smallest absolute Gasteiger partial charge is 0.258 e. The van der Waals surface area contributed by atoms with Crippen molar-refractivity contribution in [2.75, 3.05) is 44.0 Å². The number of aliphatic hydroxyl groups excluding tert-OH is 2. The normalized spacial score (nSPS) is 19.3. The van der Waals surface area contributed by atoms with Crippen LogP contribution in [0.25, 0.3) is 5.57 Å². The van der Waals surface area contributed by atoms with Gasteiger partial charge < -0.3 is 30.6 Å². The Kier molecular flexibility index (Phi) is 6.38. The number of benzene rings is 2. The lowest BCUT2D eigenvalue weighted by atomic mass is 10.0. The predicted molar refractivity (Wildman–Crippen MR) is 123 cm³/mol. The number of nitrogens with one attached hydrogen (secondary N) is 2. The number of oxime groups is 1. The Labute approximate surface area is 188 Å². The first kappa shape index (κ1) is 21.5. The highest BCUT2D eigenvalue weighted by molar-refractivity contribution is 9.10. The molecular formula is C22H23BrN4O4. The Bertz CT molecular complexity index is 1070. The number of aliphatic hydroxyl groups is 2. The molecule has 0 saturated carbocycles. The van der Waals surface area contributed by atoms with Crippen LogP contribution in [0.1, 0.15) is 11.1 Å². The molecule has 0 spiro atoms. The summed E-state index contributed by atoms with van der Waals surface area (Å²) in [5.41, 5.74) is 4.92. The Morgan fingerprint density at radius 1 is 1.16 bits per heavy atom. The lowest BCUT2D eigenvalue weighted by molar-refractivity contribution is -0.110. The van der Waals surface area contributed by atoms with Crippen molar-refractivity contribution in [1.82, 2.24) is 4.90 Å². The summed E-state index contributed by atoms with van der Waals surface area (Å²) in [6, 6.07) is 13.3. The number of fused-ring (bicyclic) bond motifs is 2. The maximum Gasteiger partial charge on any atom is 0.258 e. The maximum atomic E-state index is 12.8. The molecule has 0 unspecified atom stereocenters. The predicted octanol–water partition coefficient (Wildman–Crippen LogP) is 2.24. The van der Waals surface area contributed by atoms with Crippen molar-refractivity contribution in [3.63, 3.8) is 0 Å². The van der Waals surface area contributed by atoms with Crippen molar-refractivity contribution in [2.45, 2.75) is 6.10 Å². The van der Waals surface area contributed by atoms with Crippen LogP contribution in [-0.2, 0) is 9.63 Å². The second-order valence-electron chi connectivity index (χ2n) is 7.44. The standard InChI is InChI=1S/C22H23BrN4O4/c1-27(11-14(29)12-28)8-9-31-26-20-15-4-2-3-5-17(15)24-21(20)19-16-10-13(23)6-7-18(16)25-22(19)30/h2-7,10,14,24,28-29H,8-9,11-12H2,1H3,(H,25,30)/b21-19-,26-20+/t14-/m1/s1. The zero-order valence-electron chi connectivity index (χ0n) is 16.9. The van der Waals surface area contributed by atoms with Crippen molar-refractivity contribution in [3.8, 4) is 0 Å². The number of para-hydroxylation sites is 1. The van der Waals surface area contributed by atoms with Crippen LogP contribution in [0.3, 0.4) is 0 Å². The number of halogens is 1. The van der Waals surface area contributed by atoms with Crippen molar-refractivity contribution < 1.29 is 19.8 Å². The molecule has 4 rings (SSSR count). The highest BCUT2D eigenvalue weighted by atomic mass is 79.9. The maximum absolute atomic E-state index is 12.8. The van der Waals surface area contributed by atoms with Gasteiger partial charge in [-0.05, 0) is 31.3 Å². The van der Waals surface area contributed by atoms with Gasteiger partial charge >= 0.3 is 0 Å². The first-order chi connectivity index (χ1) is 15.0. The summed E-state index contributed by atoms with van der Waals surface area (Å²) in [5, 5.41) is 29.1. The largest absolute Gasteiger partial charge is 0.394 e. The van der Waals surface area contributed by atoms with E-state index in [1.807, 2.05) is 54.4 Å². The molecule has 4 N–H and O–H groups in total. The molecule has 2 aromatic rings. The minimum Gasteiger partial charge on any atom is -0.394 e. The minimum absolute atomic E-state index is 0.200. The fourth-order valence-electron chi connectivity index (χ4n) is 3.61. The zero-order valence-corrected chi connectivity index (χ0v) is 18.5.